The third-order valence-corrected chi connectivity index (χ3v) is 4.66. The van der Waals surface area contributed by atoms with Gasteiger partial charge in [-0.3, -0.25) is 4.79 Å². The van der Waals surface area contributed by atoms with Gasteiger partial charge in [-0.05, 0) is 37.1 Å². The molecule has 3 heterocycles. The van der Waals surface area contributed by atoms with Crippen molar-refractivity contribution in [3.8, 4) is 0 Å². The topological polar surface area (TPSA) is 41.6 Å². The molecule has 16 heavy (non-hydrogen) atoms. The number of piperidine rings is 2. The van der Waals surface area contributed by atoms with Crippen LogP contribution in [0.3, 0.4) is 0 Å². The van der Waals surface area contributed by atoms with Crippen molar-refractivity contribution in [1.29, 1.82) is 0 Å². The summed E-state index contributed by atoms with van der Waals surface area (Å²) in [7, 11) is 1.60. The Morgan fingerprint density at radius 1 is 1.38 bits per heavy atom. The Bertz CT molecular complexity index is 295. The van der Waals surface area contributed by atoms with Gasteiger partial charge in [-0.15, -0.1) is 0 Å². The third kappa shape index (κ3) is 1.47. The van der Waals surface area contributed by atoms with Crippen LogP contribution >= 0.6 is 0 Å². The molecule has 4 fully saturated rings. The zero-order valence-electron chi connectivity index (χ0n) is 9.82. The van der Waals surface area contributed by atoms with Crippen molar-refractivity contribution in [2.45, 2.75) is 18.9 Å². The molecule has 4 nitrogen and oxygen atoms in total. The summed E-state index contributed by atoms with van der Waals surface area (Å²) >= 11 is 0. The number of nitrogens with one attached hydrogen (secondary N) is 1. The van der Waals surface area contributed by atoms with E-state index in [-0.39, 0.29) is 12.5 Å². The van der Waals surface area contributed by atoms with Crippen LogP contribution < -0.4 is 5.32 Å². The van der Waals surface area contributed by atoms with Crippen molar-refractivity contribution in [3.05, 3.63) is 0 Å². The van der Waals surface area contributed by atoms with E-state index in [4.69, 9.17) is 4.74 Å². The molecule has 1 aliphatic carbocycles. The van der Waals surface area contributed by atoms with E-state index < -0.39 is 0 Å². The average Bonchev–Trinajstić information content (AvgIpc) is 2.80. The van der Waals surface area contributed by atoms with Crippen LogP contribution in [0.25, 0.3) is 0 Å². The first-order valence-corrected chi connectivity index (χ1v) is 6.30. The highest BCUT2D eigenvalue weighted by molar-refractivity contribution is 5.78. The zero-order chi connectivity index (χ0) is 11.1. The summed E-state index contributed by atoms with van der Waals surface area (Å²) < 4.78 is 4.97. The van der Waals surface area contributed by atoms with Crippen LogP contribution in [0.5, 0.6) is 0 Å². The Labute approximate surface area is 96.3 Å². The minimum atomic E-state index is 0.183. The number of hydrogen-bond donors (Lipinski definition) is 1. The Hall–Kier alpha value is -0.610. The second-order valence-electron chi connectivity index (χ2n) is 5.37. The van der Waals surface area contributed by atoms with Crippen molar-refractivity contribution < 1.29 is 9.53 Å². The lowest BCUT2D eigenvalue weighted by Gasteiger charge is -2.52. The van der Waals surface area contributed by atoms with Crippen LogP contribution in [-0.2, 0) is 9.53 Å². The first-order valence-electron chi connectivity index (χ1n) is 6.30. The van der Waals surface area contributed by atoms with E-state index in [2.05, 4.69) is 10.2 Å². The summed E-state index contributed by atoms with van der Waals surface area (Å²) in [5, 5.41) is 3.49. The van der Waals surface area contributed by atoms with E-state index >= 15 is 0 Å². The highest BCUT2D eigenvalue weighted by Gasteiger charge is 2.50. The first-order chi connectivity index (χ1) is 7.81. The van der Waals surface area contributed by atoms with Crippen LogP contribution in [-0.4, -0.2) is 50.2 Å². The first kappa shape index (κ1) is 10.5. The van der Waals surface area contributed by atoms with Gasteiger partial charge in [0.25, 0.3) is 0 Å². The van der Waals surface area contributed by atoms with Gasteiger partial charge in [-0.1, -0.05) is 0 Å². The predicted octanol–water partition coefficient (Wildman–Crippen LogP) is 0.0892. The number of ether oxygens (including phenoxy) is 1. The molecule has 4 aliphatic rings. The van der Waals surface area contributed by atoms with Crippen molar-refractivity contribution in [2.24, 2.45) is 17.8 Å². The van der Waals surface area contributed by atoms with Crippen LogP contribution in [0.15, 0.2) is 0 Å². The van der Waals surface area contributed by atoms with E-state index in [0.29, 0.717) is 12.0 Å². The lowest BCUT2D eigenvalue weighted by atomic mass is 9.66. The number of fused-ring (bicyclic) bond motifs is 2. The number of hydrogen-bond acceptors (Lipinski definition) is 3. The highest BCUT2D eigenvalue weighted by Crippen LogP contribution is 2.44. The molecule has 4 heteroatoms. The second kappa shape index (κ2) is 4.00. The van der Waals surface area contributed by atoms with Crippen LogP contribution in [0, 0.1) is 17.8 Å². The van der Waals surface area contributed by atoms with Gasteiger partial charge < -0.3 is 15.0 Å². The Morgan fingerprint density at radius 3 is 3.00 bits per heavy atom. The number of rotatable bonds is 2. The number of nitrogens with zero attached hydrogens (tertiary/aromatic N) is 1. The molecule has 90 valence electrons. The van der Waals surface area contributed by atoms with E-state index in [9.17, 15) is 4.79 Å². The molecule has 0 aromatic heterocycles. The fraction of sp³-hybridized carbons (Fsp3) is 0.917. The molecule has 0 radical (unpaired) electrons. The Morgan fingerprint density at radius 2 is 2.19 bits per heavy atom. The quantitative estimate of drug-likeness (QED) is 0.723. The number of carbonyl (C=O) groups excluding carboxylic acids is 1. The summed E-state index contributed by atoms with van der Waals surface area (Å²) in [6.45, 7) is 3.48. The van der Waals surface area contributed by atoms with Crippen molar-refractivity contribution in [1.82, 2.24) is 10.2 Å². The van der Waals surface area contributed by atoms with E-state index in [0.717, 1.165) is 31.5 Å². The molecule has 0 unspecified atom stereocenters. The van der Waals surface area contributed by atoms with Crippen molar-refractivity contribution in [3.63, 3.8) is 0 Å². The maximum absolute atomic E-state index is 12.0. The monoisotopic (exact) mass is 224 g/mol. The summed E-state index contributed by atoms with van der Waals surface area (Å²) in [6, 6.07) is 0.479. The van der Waals surface area contributed by atoms with Gasteiger partial charge in [0.05, 0.1) is 0 Å². The van der Waals surface area contributed by atoms with E-state index in [1.807, 2.05) is 0 Å². The second-order valence-corrected chi connectivity index (χ2v) is 5.37. The standard InChI is InChI=1S/C12H20N2O2/c1-16-7-12(15)14-6-8-2-3-11(14)10-5-13-4-9(8)10/h8-11,13H,2-7H2,1H3/t8-,9-,10-,11+/m1/s1. The molecule has 1 saturated carbocycles. The number of amides is 1. The molecule has 3 aliphatic heterocycles. The van der Waals surface area contributed by atoms with Gasteiger partial charge in [0.15, 0.2) is 0 Å². The minimum absolute atomic E-state index is 0.183. The van der Waals surface area contributed by atoms with Crippen molar-refractivity contribution in [2.75, 3.05) is 33.4 Å². The van der Waals surface area contributed by atoms with Crippen LogP contribution in [0.2, 0.25) is 0 Å². The fourth-order valence-electron chi connectivity index (χ4n) is 3.96. The summed E-state index contributed by atoms with van der Waals surface area (Å²) in [5.41, 5.74) is 0. The van der Waals surface area contributed by atoms with Crippen molar-refractivity contribution >= 4 is 5.91 Å². The maximum Gasteiger partial charge on any atom is 0.248 e. The largest absolute Gasteiger partial charge is 0.375 e. The summed E-state index contributed by atoms with van der Waals surface area (Å²) in [6.07, 6.45) is 2.51. The molecule has 4 atom stereocenters. The van der Waals surface area contributed by atoms with Gasteiger partial charge in [0.1, 0.15) is 6.61 Å². The van der Waals surface area contributed by atoms with E-state index in [1.54, 1.807) is 7.11 Å². The van der Waals surface area contributed by atoms with Gasteiger partial charge in [-0.2, -0.15) is 0 Å². The molecule has 0 aromatic rings. The summed E-state index contributed by atoms with van der Waals surface area (Å²) in [5.74, 6) is 2.44. The molecule has 1 amide bonds. The molecule has 0 spiro atoms. The SMILES string of the molecule is COCC(=O)N1C[C@H]2CC[C@H]1[C@@H]1CNC[C@H]21. The van der Waals surface area contributed by atoms with Gasteiger partial charge in [0.2, 0.25) is 5.91 Å². The van der Waals surface area contributed by atoms with E-state index in [1.165, 1.54) is 12.8 Å². The molecule has 4 rings (SSSR count). The smallest absolute Gasteiger partial charge is 0.248 e. The zero-order valence-corrected chi connectivity index (χ0v) is 9.82. The number of carbonyl (C=O) groups is 1. The Balaban J connectivity index is 1.77. The van der Waals surface area contributed by atoms with Gasteiger partial charge in [0, 0.05) is 26.2 Å². The minimum Gasteiger partial charge on any atom is -0.375 e. The number of methoxy groups -OCH3 is 1. The van der Waals surface area contributed by atoms with Crippen LogP contribution in [0.4, 0.5) is 0 Å². The molecule has 1 N–H and O–H groups in total. The molecular formula is C12H20N2O2. The third-order valence-electron chi connectivity index (χ3n) is 4.66. The van der Waals surface area contributed by atoms with Gasteiger partial charge in [-0.25, -0.2) is 0 Å². The fourth-order valence-corrected chi connectivity index (χ4v) is 3.96. The molecule has 0 aromatic carbocycles. The average molecular weight is 224 g/mol. The van der Waals surface area contributed by atoms with Gasteiger partial charge >= 0.3 is 0 Å². The maximum atomic E-state index is 12.0. The lowest BCUT2D eigenvalue weighted by molar-refractivity contribution is -0.147. The normalized spacial score (nSPS) is 41.2. The predicted molar refractivity (Wildman–Crippen MR) is 60.0 cm³/mol. The molecule has 3 saturated heterocycles. The summed E-state index contributed by atoms with van der Waals surface area (Å²) in [4.78, 5) is 14.0. The lowest BCUT2D eigenvalue weighted by Crippen LogP contribution is -2.59. The van der Waals surface area contributed by atoms with Crippen LogP contribution in [0.1, 0.15) is 12.8 Å². The highest BCUT2D eigenvalue weighted by atomic mass is 16.5. The Kier molecular flexibility index (Phi) is 2.64. The molecular weight excluding hydrogens is 204 g/mol. The molecule has 2 bridgehead atoms.